The van der Waals surface area contributed by atoms with Crippen molar-refractivity contribution in [2.75, 3.05) is 11.9 Å². The highest BCUT2D eigenvalue weighted by Gasteiger charge is 2.44. The van der Waals surface area contributed by atoms with E-state index in [9.17, 15) is 15.3 Å². The minimum Gasteiger partial charge on any atom is -0.394 e. The second-order valence-electron chi connectivity index (χ2n) is 6.70. The number of hydrogen-bond donors (Lipinski definition) is 4. The number of nitrogens with zero attached hydrogens (tertiary/aromatic N) is 4. The first-order chi connectivity index (χ1) is 13.5. The quantitative estimate of drug-likeness (QED) is 0.500. The van der Waals surface area contributed by atoms with Crippen LogP contribution in [0.3, 0.4) is 0 Å². The summed E-state index contributed by atoms with van der Waals surface area (Å²) in [7, 11) is 0. The van der Waals surface area contributed by atoms with Gasteiger partial charge in [0.05, 0.1) is 19.0 Å². The van der Waals surface area contributed by atoms with Gasteiger partial charge in [0.25, 0.3) is 0 Å². The number of aromatic nitrogens is 4. The van der Waals surface area contributed by atoms with Crippen molar-refractivity contribution in [2.45, 2.75) is 37.5 Å². The van der Waals surface area contributed by atoms with E-state index in [4.69, 9.17) is 16.3 Å². The van der Waals surface area contributed by atoms with Crippen LogP contribution in [0.5, 0.6) is 0 Å². The third-order valence-corrected chi connectivity index (χ3v) is 5.09. The normalized spacial score (nSPS) is 25.9. The average Bonchev–Trinajstić information content (AvgIpc) is 3.24. The minimum atomic E-state index is -1.22. The fourth-order valence-corrected chi connectivity index (χ4v) is 3.52. The molecule has 28 heavy (non-hydrogen) atoms. The van der Waals surface area contributed by atoms with Gasteiger partial charge in [0.15, 0.2) is 23.2 Å². The van der Waals surface area contributed by atoms with Gasteiger partial charge >= 0.3 is 0 Å². The van der Waals surface area contributed by atoms with Gasteiger partial charge in [0, 0.05) is 5.02 Å². The van der Waals surface area contributed by atoms with Crippen LogP contribution < -0.4 is 5.32 Å². The summed E-state index contributed by atoms with van der Waals surface area (Å²) in [5.74, 6) is 0.517. The van der Waals surface area contributed by atoms with Crippen LogP contribution in [0.25, 0.3) is 11.2 Å². The highest BCUT2D eigenvalue weighted by molar-refractivity contribution is 6.30. The van der Waals surface area contributed by atoms with E-state index in [1.807, 2.05) is 31.2 Å². The van der Waals surface area contributed by atoms with Crippen LogP contribution >= 0.6 is 11.6 Å². The Kier molecular flexibility index (Phi) is 5.17. The van der Waals surface area contributed by atoms with Gasteiger partial charge in [-0.3, -0.25) is 4.57 Å². The van der Waals surface area contributed by atoms with E-state index in [1.165, 1.54) is 17.2 Å². The summed E-state index contributed by atoms with van der Waals surface area (Å²) in [6, 6.07) is 7.43. The second kappa shape index (κ2) is 7.61. The summed E-state index contributed by atoms with van der Waals surface area (Å²) in [5.41, 5.74) is 1.92. The Labute approximate surface area is 165 Å². The van der Waals surface area contributed by atoms with Crippen molar-refractivity contribution in [1.29, 1.82) is 0 Å². The molecular weight excluding hydrogens is 386 g/mol. The molecule has 3 aromatic rings. The number of rotatable bonds is 5. The van der Waals surface area contributed by atoms with Crippen molar-refractivity contribution in [3.05, 3.63) is 47.5 Å². The van der Waals surface area contributed by atoms with E-state index >= 15 is 0 Å². The SMILES string of the molecule is CC(Nc1ncnc2c1ncn2[C@@H]1O[C@H](CO)[C@@H](O)[C@H]1O)c1cccc(Cl)c1. The van der Waals surface area contributed by atoms with E-state index in [1.54, 1.807) is 0 Å². The first kappa shape index (κ1) is 19.0. The molecule has 2 aromatic heterocycles. The van der Waals surface area contributed by atoms with Crippen LogP contribution in [-0.4, -0.2) is 59.8 Å². The lowest BCUT2D eigenvalue weighted by atomic mass is 10.1. The molecule has 4 rings (SSSR count). The fourth-order valence-electron chi connectivity index (χ4n) is 3.32. The number of aliphatic hydroxyl groups is 3. The van der Waals surface area contributed by atoms with Gasteiger partial charge in [-0.1, -0.05) is 23.7 Å². The predicted molar refractivity (Wildman–Crippen MR) is 102 cm³/mol. The highest BCUT2D eigenvalue weighted by atomic mass is 35.5. The van der Waals surface area contributed by atoms with Crippen LogP contribution in [0.2, 0.25) is 5.02 Å². The van der Waals surface area contributed by atoms with Gasteiger partial charge in [0.2, 0.25) is 0 Å². The first-order valence-electron chi connectivity index (χ1n) is 8.81. The first-order valence-corrected chi connectivity index (χ1v) is 9.19. The van der Waals surface area contributed by atoms with Gasteiger partial charge in [-0.25, -0.2) is 15.0 Å². The Hall–Kier alpha value is -2.30. The summed E-state index contributed by atoms with van der Waals surface area (Å²) in [6.45, 7) is 1.57. The molecule has 0 spiro atoms. The molecule has 1 unspecified atom stereocenters. The van der Waals surface area contributed by atoms with Gasteiger partial charge in [0.1, 0.15) is 24.6 Å². The van der Waals surface area contributed by atoms with Crippen molar-refractivity contribution in [3.8, 4) is 0 Å². The topological polar surface area (TPSA) is 126 Å². The molecule has 1 aliphatic heterocycles. The molecule has 3 heterocycles. The summed E-state index contributed by atoms with van der Waals surface area (Å²) in [4.78, 5) is 12.9. The van der Waals surface area contributed by atoms with Gasteiger partial charge in [-0.2, -0.15) is 0 Å². The lowest BCUT2D eigenvalue weighted by molar-refractivity contribution is -0.0511. The van der Waals surface area contributed by atoms with Gasteiger partial charge in [-0.05, 0) is 24.6 Å². The van der Waals surface area contributed by atoms with E-state index < -0.39 is 31.1 Å². The maximum absolute atomic E-state index is 10.3. The van der Waals surface area contributed by atoms with Crippen LogP contribution in [0.1, 0.15) is 24.8 Å². The number of imidazole rings is 1. The predicted octanol–water partition coefficient (Wildman–Crippen LogP) is 1.26. The molecule has 10 heteroatoms. The van der Waals surface area contributed by atoms with E-state index in [2.05, 4.69) is 20.3 Å². The lowest BCUT2D eigenvalue weighted by Gasteiger charge is -2.17. The number of anilines is 1. The number of ether oxygens (including phenoxy) is 1. The zero-order valence-electron chi connectivity index (χ0n) is 15.0. The molecule has 0 bridgehead atoms. The summed E-state index contributed by atoms with van der Waals surface area (Å²) in [6.07, 6.45) is -1.35. The average molecular weight is 406 g/mol. The van der Waals surface area contributed by atoms with Crippen LogP contribution in [0.4, 0.5) is 5.82 Å². The Balaban J connectivity index is 1.64. The largest absolute Gasteiger partial charge is 0.394 e. The van der Waals surface area contributed by atoms with Crippen molar-refractivity contribution in [3.63, 3.8) is 0 Å². The molecule has 1 aromatic carbocycles. The number of aliphatic hydroxyl groups excluding tert-OH is 3. The Bertz CT molecular complexity index is 984. The van der Waals surface area contributed by atoms with Crippen molar-refractivity contribution >= 4 is 28.6 Å². The molecule has 4 N–H and O–H groups in total. The van der Waals surface area contributed by atoms with Crippen molar-refractivity contribution < 1.29 is 20.1 Å². The zero-order valence-corrected chi connectivity index (χ0v) is 15.7. The van der Waals surface area contributed by atoms with Crippen LogP contribution in [0, 0.1) is 0 Å². The molecule has 0 saturated carbocycles. The number of fused-ring (bicyclic) bond motifs is 1. The molecule has 1 aliphatic rings. The summed E-state index contributed by atoms with van der Waals surface area (Å²) < 4.78 is 7.09. The zero-order chi connectivity index (χ0) is 19.8. The monoisotopic (exact) mass is 405 g/mol. The number of hydrogen-bond acceptors (Lipinski definition) is 8. The molecule has 5 atom stereocenters. The lowest BCUT2D eigenvalue weighted by Crippen LogP contribution is -2.33. The fraction of sp³-hybridized carbons (Fsp3) is 0.389. The molecule has 0 aliphatic carbocycles. The smallest absolute Gasteiger partial charge is 0.167 e. The maximum Gasteiger partial charge on any atom is 0.167 e. The number of nitrogens with one attached hydrogen (secondary N) is 1. The number of benzene rings is 1. The van der Waals surface area contributed by atoms with Gasteiger partial charge in [-0.15, -0.1) is 0 Å². The third-order valence-electron chi connectivity index (χ3n) is 4.85. The van der Waals surface area contributed by atoms with Gasteiger partial charge < -0.3 is 25.4 Å². The highest BCUT2D eigenvalue weighted by Crippen LogP contribution is 2.32. The van der Waals surface area contributed by atoms with Crippen molar-refractivity contribution in [1.82, 2.24) is 19.5 Å². The Morgan fingerprint density at radius 2 is 2.07 bits per heavy atom. The standard InChI is InChI=1S/C18H20ClN5O4/c1-9(10-3-2-4-11(19)5-10)23-16-13-17(21-7-20-16)24(8-22-13)18-15(27)14(26)12(6-25)28-18/h2-5,7-9,12,14-15,18,25-27H,6H2,1H3,(H,20,21,23)/t9?,12-,14-,15-,18-/m1/s1. The maximum atomic E-state index is 10.3. The molecule has 9 nitrogen and oxygen atoms in total. The molecule has 0 amide bonds. The third kappa shape index (κ3) is 3.31. The summed E-state index contributed by atoms with van der Waals surface area (Å²) >= 11 is 6.07. The molecule has 148 valence electrons. The van der Waals surface area contributed by atoms with Crippen molar-refractivity contribution in [2.24, 2.45) is 0 Å². The minimum absolute atomic E-state index is 0.0872. The molecular formula is C18H20ClN5O4. The Morgan fingerprint density at radius 3 is 2.79 bits per heavy atom. The molecule has 1 saturated heterocycles. The Morgan fingerprint density at radius 1 is 1.25 bits per heavy atom. The molecule has 0 radical (unpaired) electrons. The second-order valence-corrected chi connectivity index (χ2v) is 7.13. The van der Waals surface area contributed by atoms with Crippen LogP contribution in [0.15, 0.2) is 36.9 Å². The van der Waals surface area contributed by atoms with E-state index in [0.717, 1.165) is 5.56 Å². The van der Waals surface area contributed by atoms with E-state index in [0.29, 0.717) is 22.0 Å². The number of halogens is 1. The summed E-state index contributed by atoms with van der Waals surface area (Å²) in [5, 5.41) is 33.5. The van der Waals surface area contributed by atoms with Crippen LogP contribution in [-0.2, 0) is 4.74 Å². The molecule has 1 fully saturated rings. The van der Waals surface area contributed by atoms with E-state index in [-0.39, 0.29) is 6.04 Å².